The highest BCUT2D eigenvalue weighted by molar-refractivity contribution is 5.16. The van der Waals surface area contributed by atoms with E-state index in [0.29, 0.717) is 0 Å². The molecule has 8 heavy (non-hydrogen) atoms. The van der Waals surface area contributed by atoms with Gasteiger partial charge < -0.3 is 5.11 Å². The normalized spacial score (nSPS) is 73.9. The lowest BCUT2D eigenvalue weighted by Crippen LogP contribution is -2.09. The maximum atomic E-state index is 9.35. The molecule has 1 nitrogen and oxygen atoms in total. The Kier molecular flexibility index (Phi) is 0.418. The van der Waals surface area contributed by atoms with Gasteiger partial charge in [0.1, 0.15) is 0 Å². The van der Waals surface area contributed by atoms with E-state index in [4.69, 9.17) is 0 Å². The molecule has 4 rings (SSSR count). The van der Waals surface area contributed by atoms with Crippen LogP contribution in [-0.2, 0) is 0 Å². The Labute approximate surface area is 48.7 Å². The molecule has 0 aliphatic heterocycles. The SMILES string of the molecule is O[C@H]1C2C[C@@H]3C1[C@@H]3C2. The summed E-state index contributed by atoms with van der Waals surface area (Å²) >= 11 is 0. The molecule has 1 heteroatoms. The second-order valence-electron chi connectivity index (χ2n) is 3.63. The van der Waals surface area contributed by atoms with Crippen LogP contribution in [0.25, 0.3) is 0 Å². The molecule has 0 heterocycles. The Morgan fingerprint density at radius 3 is 1.88 bits per heavy atom. The third-order valence-electron chi connectivity index (χ3n) is 3.43. The van der Waals surface area contributed by atoms with Gasteiger partial charge >= 0.3 is 0 Å². The van der Waals surface area contributed by atoms with Crippen LogP contribution in [-0.4, -0.2) is 11.2 Å². The van der Waals surface area contributed by atoms with Gasteiger partial charge in [-0.3, -0.25) is 0 Å². The van der Waals surface area contributed by atoms with Gasteiger partial charge in [-0.15, -0.1) is 0 Å². The second kappa shape index (κ2) is 0.860. The fourth-order valence-corrected chi connectivity index (χ4v) is 3.03. The molecule has 4 bridgehead atoms. The molecule has 4 fully saturated rings. The lowest BCUT2D eigenvalue weighted by Gasteiger charge is -2.03. The summed E-state index contributed by atoms with van der Waals surface area (Å²) in [4.78, 5) is 0. The molecule has 1 N–H and O–H groups in total. The molecule has 0 spiro atoms. The maximum absolute atomic E-state index is 9.35. The van der Waals surface area contributed by atoms with Crippen molar-refractivity contribution in [2.24, 2.45) is 23.7 Å². The van der Waals surface area contributed by atoms with Gasteiger partial charge in [-0.2, -0.15) is 0 Å². The van der Waals surface area contributed by atoms with Crippen molar-refractivity contribution in [2.75, 3.05) is 0 Å². The van der Waals surface area contributed by atoms with Crippen LogP contribution in [0, 0.1) is 23.7 Å². The average molecular weight is 110 g/mol. The number of rotatable bonds is 0. The van der Waals surface area contributed by atoms with E-state index in [9.17, 15) is 5.11 Å². The lowest BCUT2D eigenvalue weighted by atomic mass is 10.1. The third kappa shape index (κ3) is 0.218. The molecule has 0 amide bonds. The number of hydrogen-bond acceptors (Lipinski definition) is 1. The standard InChI is InChI=1S/C7H10O/c8-7-3-1-4-5(2-3)6(4)7/h3-8H,1-2H2/t3?,4-,5+,6?,7-/m0/s1. The van der Waals surface area contributed by atoms with Crippen molar-refractivity contribution in [1.82, 2.24) is 0 Å². The molecule has 2 unspecified atom stereocenters. The minimum absolute atomic E-state index is 0.130. The molecule has 4 aliphatic carbocycles. The minimum atomic E-state index is 0.130. The molecule has 0 aromatic heterocycles. The van der Waals surface area contributed by atoms with Crippen molar-refractivity contribution >= 4 is 0 Å². The van der Waals surface area contributed by atoms with Crippen molar-refractivity contribution in [3.63, 3.8) is 0 Å². The number of hydrogen-bond donors (Lipinski definition) is 1. The van der Waals surface area contributed by atoms with Crippen LogP contribution >= 0.6 is 0 Å². The molecule has 0 aromatic rings. The highest BCUT2D eigenvalue weighted by Crippen LogP contribution is 2.70. The number of aliphatic hydroxyl groups is 1. The van der Waals surface area contributed by atoms with Gasteiger partial charge in [0.05, 0.1) is 6.10 Å². The summed E-state index contributed by atoms with van der Waals surface area (Å²) in [7, 11) is 0. The van der Waals surface area contributed by atoms with Crippen LogP contribution < -0.4 is 0 Å². The first kappa shape index (κ1) is 3.89. The van der Waals surface area contributed by atoms with Crippen molar-refractivity contribution in [1.29, 1.82) is 0 Å². The zero-order chi connectivity index (χ0) is 5.30. The van der Waals surface area contributed by atoms with E-state index in [-0.39, 0.29) is 6.10 Å². The zero-order valence-electron chi connectivity index (χ0n) is 4.75. The van der Waals surface area contributed by atoms with Crippen molar-refractivity contribution in [3.05, 3.63) is 0 Å². The van der Waals surface area contributed by atoms with E-state index in [0.717, 1.165) is 23.7 Å². The van der Waals surface area contributed by atoms with Crippen LogP contribution in [0.4, 0.5) is 0 Å². The summed E-state index contributed by atoms with van der Waals surface area (Å²) in [5, 5.41) is 9.35. The summed E-state index contributed by atoms with van der Waals surface area (Å²) < 4.78 is 0. The Bertz CT molecular complexity index is 129. The molecule has 4 aliphatic rings. The van der Waals surface area contributed by atoms with Crippen molar-refractivity contribution < 1.29 is 5.11 Å². The Morgan fingerprint density at radius 1 is 1.12 bits per heavy atom. The Hall–Kier alpha value is -0.0400. The first-order valence-electron chi connectivity index (χ1n) is 3.56. The summed E-state index contributed by atoms with van der Waals surface area (Å²) in [5.74, 6) is 3.47. The van der Waals surface area contributed by atoms with E-state index in [1.807, 2.05) is 0 Å². The predicted octanol–water partition coefficient (Wildman–Crippen LogP) is 0.633. The van der Waals surface area contributed by atoms with Crippen molar-refractivity contribution in [3.8, 4) is 0 Å². The monoisotopic (exact) mass is 110 g/mol. The van der Waals surface area contributed by atoms with E-state index < -0.39 is 0 Å². The van der Waals surface area contributed by atoms with E-state index >= 15 is 0 Å². The molecular formula is C7H10O. The van der Waals surface area contributed by atoms with Gasteiger partial charge in [0.2, 0.25) is 0 Å². The largest absolute Gasteiger partial charge is 0.393 e. The average Bonchev–Trinajstić information content (AvgIpc) is 2.23. The fourth-order valence-electron chi connectivity index (χ4n) is 3.03. The van der Waals surface area contributed by atoms with E-state index in [1.54, 1.807) is 0 Å². The molecule has 5 atom stereocenters. The fraction of sp³-hybridized carbons (Fsp3) is 1.00. The first-order valence-corrected chi connectivity index (χ1v) is 3.56. The highest BCUT2D eigenvalue weighted by Gasteiger charge is 2.68. The summed E-state index contributed by atoms with van der Waals surface area (Å²) in [6, 6.07) is 0. The van der Waals surface area contributed by atoms with Gasteiger partial charge in [-0.1, -0.05) is 0 Å². The van der Waals surface area contributed by atoms with E-state index in [2.05, 4.69) is 0 Å². The smallest absolute Gasteiger partial charge is 0.0602 e. The minimum Gasteiger partial charge on any atom is -0.393 e. The summed E-state index contributed by atoms with van der Waals surface area (Å²) in [5.41, 5.74) is 0. The van der Waals surface area contributed by atoms with Gasteiger partial charge in [-0.25, -0.2) is 0 Å². The molecule has 44 valence electrons. The maximum Gasteiger partial charge on any atom is 0.0602 e. The first-order chi connectivity index (χ1) is 3.88. The number of aliphatic hydroxyl groups excluding tert-OH is 1. The Balaban J connectivity index is 2.10. The van der Waals surface area contributed by atoms with Crippen LogP contribution in [0.2, 0.25) is 0 Å². The zero-order valence-corrected chi connectivity index (χ0v) is 4.75. The summed E-state index contributed by atoms with van der Waals surface area (Å²) in [6.07, 6.45) is 2.84. The van der Waals surface area contributed by atoms with Crippen LogP contribution in [0.5, 0.6) is 0 Å². The van der Waals surface area contributed by atoms with Gasteiger partial charge in [0.15, 0.2) is 0 Å². The van der Waals surface area contributed by atoms with E-state index in [1.165, 1.54) is 12.8 Å². The van der Waals surface area contributed by atoms with Gasteiger partial charge in [0, 0.05) is 0 Å². The summed E-state index contributed by atoms with van der Waals surface area (Å²) in [6.45, 7) is 0. The molecule has 4 saturated carbocycles. The van der Waals surface area contributed by atoms with Crippen LogP contribution in [0.1, 0.15) is 12.8 Å². The quantitative estimate of drug-likeness (QED) is 0.485. The molecule has 0 radical (unpaired) electrons. The van der Waals surface area contributed by atoms with Gasteiger partial charge in [0.25, 0.3) is 0 Å². The molecular weight excluding hydrogens is 100 g/mol. The second-order valence-corrected chi connectivity index (χ2v) is 3.63. The molecule has 0 saturated heterocycles. The molecule has 0 aromatic carbocycles. The predicted molar refractivity (Wildman–Crippen MR) is 29.2 cm³/mol. The van der Waals surface area contributed by atoms with Gasteiger partial charge in [-0.05, 0) is 36.5 Å². The highest BCUT2D eigenvalue weighted by atomic mass is 16.3. The Morgan fingerprint density at radius 2 is 1.75 bits per heavy atom. The topological polar surface area (TPSA) is 20.2 Å². The van der Waals surface area contributed by atoms with Crippen molar-refractivity contribution in [2.45, 2.75) is 18.9 Å². The van der Waals surface area contributed by atoms with Crippen LogP contribution in [0.3, 0.4) is 0 Å². The lowest BCUT2D eigenvalue weighted by molar-refractivity contribution is 0.135. The van der Waals surface area contributed by atoms with Crippen LogP contribution in [0.15, 0.2) is 0 Å². The third-order valence-corrected chi connectivity index (χ3v) is 3.43.